The molecule has 1 saturated carbocycles. The summed E-state index contributed by atoms with van der Waals surface area (Å²) in [5.41, 5.74) is 5.91. The van der Waals surface area contributed by atoms with Gasteiger partial charge in [-0.25, -0.2) is 4.39 Å². The largest absolute Gasteiger partial charge is 0.330 e. The maximum atomic E-state index is 12.8. The summed E-state index contributed by atoms with van der Waals surface area (Å²) in [6, 6.07) is 5.35. The minimum atomic E-state index is -0.391. The number of piperidine rings is 1. The van der Waals surface area contributed by atoms with Crippen LogP contribution in [0.2, 0.25) is 0 Å². The number of fused-ring (bicyclic) bond motifs is 1. The molecule has 88 valence electrons. The van der Waals surface area contributed by atoms with Crippen LogP contribution in [0.25, 0.3) is 0 Å². The maximum Gasteiger partial charge on any atom is 0.238 e. The third kappa shape index (κ3) is 1.32. The third-order valence-electron chi connectivity index (χ3n) is 3.54. The van der Waals surface area contributed by atoms with Gasteiger partial charge in [-0.05, 0) is 36.7 Å². The van der Waals surface area contributed by atoms with Crippen molar-refractivity contribution in [1.82, 2.24) is 0 Å². The number of nitrogens with zero attached hydrogens (tertiary/aromatic N) is 1. The molecule has 1 heterocycles. The highest BCUT2D eigenvalue weighted by Gasteiger charge is 2.66. The smallest absolute Gasteiger partial charge is 0.238 e. The van der Waals surface area contributed by atoms with Gasteiger partial charge in [-0.15, -0.1) is 0 Å². The average Bonchev–Trinajstić information content (AvgIpc) is 2.99. The van der Waals surface area contributed by atoms with E-state index in [9.17, 15) is 14.0 Å². The number of halogens is 1. The Hall–Kier alpha value is -1.75. The van der Waals surface area contributed by atoms with Crippen molar-refractivity contribution in [2.45, 2.75) is 0 Å². The number of hydrogen-bond acceptors (Lipinski definition) is 3. The van der Waals surface area contributed by atoms with Crippen LogP contribution in [-0.2, 0) is 9.59 Å². The Morgan fingerprint density at radius 3 is 2.12 bits per heavy atom. The fraction of sp³-hybridized carbons (Fsp3) is 0.333. The molecule has 5 heteroatoms. The van der Waals surface area contributed by atoms with Crippen molar-refractivity contribution in [2.24, 2.45) is 23.5 Å². The highest BCUT2D eigenvalue weighted by molar-refractivity contribution is 6.25. The summed E-state index contributed by atoms with van der Waals surface area (Å²) in [6.45, 7) is 0.365. The first-order valence-electron chi connectivity index (χ1n) is 5.48. The van der Waals surface area contributed by atoms with Crippen LogP contribution in [0, 0.1) is 23.6 Å². The van der Waals surface area contributed by atoms with Gasteiger partial charge in [0.25, 0.3) is 0 Å². The molecule has 0 aromatic heterocycles. The predicted molar refractivity (Wildman–Crippen MR) is 58.4 cm³/mol. The van der Waals surface area contributed by atoms with Gasteiger partial charge in [0, 0.05) is 0 Å². The molecule has 1 aromatic rings. The van der Waals surface area contributed by atoms with Gasteiger partial charge >= 0.3 is 0 Å². The van der Waals surface area contributed by atoms with Gasteiger partial charge in [-0.2, -0.15) is 0 Å². The van der Waals surface area contributed by atoms with E-state index in [0.717, 1.165) is 4.90 Å². The first-order valence-corrected chi connectivity index (χ1v) is 5.48. The second-order valence-corrected chi connectivity index (χ2v) is 4.44. The van der Waals surface area contributed by atoms with E-state index in [1.54, 1.807) is 0 Å². The van der Waals surface area contributed by atoms with Gasteiger partial charge in [0.1, 0.15) is 5.82 Å². The number of nitrogens with two attached hydrogens (primary N) is 1. The molecule has 2 aliphatic rings. The topological polar surface area (TPSA) is 63.4 Å². The van der Waals surface area contributed by atoms with Crippen molar-refractivity contribution in [3.63, 3.8) is 0 Å². The second-order valence-electron chi connectivity index (χ2n) is 4.44. The molecule has 2 unspecified atom stereocenters. The SMILES string of the molecule is NCC1C2C(=O)N(c3ccc(F)cc3)C(=O)C12. The van der Waals surface area contributed by atoms with Crippen LogP contribution in [0.4, 0.5) is 10.1 Å². The monoisotopic (exact) mass is 234 g/mol. The number of hydrogen-bond donors (Lipinski definition) is 1. The molecule has 1 saturated heterocycles. The number of anilines is 1. The standard InChI is InChI=1S/C12H11FN2O2/c13-6-1-3-7(4-2-6)15-11(16)9-8(5-14)10(9)12(15)17/h1-4,8-10H,5,14H2. The third-order valence-corrected chi connectivity index (χ3v) is 3.54. The van der Waals surface area contributed by atoms with E-state index in [1.807, 2.05) is 0 Å². The molecule has 0 spiro atoms. The number of imide groups is 1. The van der Waals surface area contributed by atoms with Crippen molar-refractivity contribution >= 4 is 17.5 Å². The summed E-state index contributed by atoms with van der Waals surface area (Å²) < 4.78 is 12.8. The van der Waals surface area contributed by atoms with Crippen LogP contribution in [0.3, 0.4) is 0 Å². The van der Waals surface area contributed by atoms with E-state index in [4.69, 9.17) is 5.73 Å². The van der Waals surface area contributed by atoms with Gasteiger partial charge in [0.2, 0.25) is 11.8 Å². The van der Waals surface area contributed by atoms with Crippen LogP contribution in [-0.4, -0.2) is 18.4 Å². The van der Waals surface area contributed by atoms with E-state index in [1.165, 1.54) is 24.3 Å². The molecule has 1 aliphatic heterocycles. The lowest BCUT2D eigenvalue weighted by molar-refractivity contribution is -0.124. The lowest BCUT2D eigenvalue weighted by Crippen LogP contribution is -2.35. The van der Waals surface area contributed by atoms with Crippen molar-refractivity contribution < 1.29 is 14.0 Å². The van der Waals surface area contributed by atoms with Crippen LogP contribution in [0.15, 0.2) is 24.3 Å². The highest BCUT2D eigenvalue weighted by atomic mass is 19.1. The lowest BCUT2D eigenvalue weighted by Gasteiger charge is -2.17. The van der Waals surface area contributed by atoms with Gasteiger partial charge in [0.05, 0.1) is 17.5 Å². The van der Waals surface area contributed by atoms with Gasteiger partial charge in [-0.1, -0.05) is 0 Å². The molecular weight excluding hydrogens is 223 g/mol. The lowest BCUT2D eigenvalue weighted by atomic mass is 10.2. The first-order chi connectivity index (χ1) is 8.15. The van der Waals surface area contributed by atoms with Gasteiger partial charge in [0.15, 0.2) is 0 Å². The summed E-state index contributed by atoms with van der Waals surface area (Å²) >= 11 is 0. The molecule has 0 radical (unpaired) electrons. The average molecular weight is 234 g/mol. The number of carbonyl (C=O) groups excluding carboxylic acids is 2. The molecule has 2 amide bonds. The Kier molecular flexibility index (Phi) is 2.06. The van der Waals surface area contributed by atoms with Crippen molar-refractivity contribution in [2.75, 3.05) is 11.4 Å². The Bertz CT molecular complexity index is 478. The Balaban J connectivity index is 1.90. The predicted octanol–water partition coefficient (Wildman–Crippen LogP) is 0.520. The van der Waals surface area contributed by atoms with Crippen LogP contribution in [0.1, 0.15) is 0 Å². The summed E-state index contributed by atoms with van der Waals surface area (Å²) in [5, 5.41) is 0. The van der Waals surface area contributed by atoms with E-state index >= 15 is 0 Å². The zero-order valence-electron chi connectivity index (χ0n) is 8.97. The van der Waals surface area contributed by atoms with Crippen LogP contribution < -0.4 is 10.6 Å². The normalized spacial score (nSPS) is 30.7. The number of amides is 2. The van der Waals surface area contributed by atoms with E-state index < -0.39 is 5.82 Å². The quantitative estimate of drug-likeness (QED) is 0.759. The maximum absolute atomic E-state index is 12.8. The van der Waals surface area contributed by atoms with Crippen LogP contribution >= 0.6 is 0 Å². The fourth-order valence-electron chi connectivity index (χ4n) is 2.59. The Morgan fingerprint density at radius 1 is 1.12 bits per heavy atom. The summed E-state index contributed by atoms with van der Waals surface area (Å²) in [4.78, 5) is 25.1. The molecule has 1 aliphatic carbocycles. The Morgan fingerprint density at radius 2 is 1.65 bits per heavy atom. The molecule has 2 N–H and O–H groups in total. The van der Waals surface area contributed by atoms with Crippen molar-refractivity contribution in [3.05, 3.63) is 30.1 Å². The van der Waals surface area contributed by atoms with E-state index in [-0.39, 0.29) is 29.6 Å². The van der Waals surface area contributed by atoms with Crippen LogP contribution in [0.5, 0.6) is 0 Å². The highest BCUT2D eigenvalue weighted by Crippen LogP contribution is 2.53. The molecule has 4 nitrogen and oxygen atoms in total. The number of rotatable bonds is 2. The molecule has 1 aromatic carbocycles. The zero-order valence-corrected chi connectivity index (χ0v) is 8.97. The molecule has 17 heavy (non-hydrogen) atoms. The van der Waals surface area contributed by atoms with Crippen molar-refractivity contribution in [3.8, 4) is 0 Å². The van der Waals surface area contributed by atoms with E-state index in [2.05, 4.69) is 0 Å². The van der Waals surface area contributed by atoms with E-state index in [0.29, 0.717) is 12.2 Å². The number of carbonyl (C=O) groups is 2. The second kappa shape index (κ2) is 3.37. The van der Waals surface area contributed by atoms with Crippen molar-refractivity contribution in [1.29, 1.82) is 0 Å². The minimum absolute atomic E-state index is 0.00620. The molecule has 3 rings (SSSR count). The minimum Gasteiger partial charge on any atom is -0.330 e. The number of benzene rings is 1. The Labute approximate surface area is 97.2 Å². The molecule has 2 fully saturated rings. The molecular formula is C12H11FN2O2. The summed E-state index contributed by atoms with van der Waals surface area (Å²) in [7, 11) is 0. The summed E-state index contributed by atoms with van der Waals surface area (Å²) in [5.74, 6) is -1.30. The van der Waals surface area contributed by atoms with Gasteiger partial charge < -0.3 is 5.73 Å². The zero-order chi connectivity index (χ0) is 12.2. The van der Waals surface area contributed by atoms with Gasteiger partial charge in [-0.3, -0.25) is 14.5 Å². The first kappa shape index (κ1) is 10.4. The summed E-state index contributed by atoms with van der Waals surface area (Å²) in [6.07, 6.45) is 0. The molecule has 0 bridgehead atoms. The fourth-order valence-corrected chi connectivity index (χ4v) is 2.59. The molecule has 2 atom stereocenters.